The molecule has 2 aromatic rings. The predicted octanol–water partition coefficient (Wildman–Crippen LogP) is 2.23. The average Bonchev–Trinajstić information content (AvgIpc) is 2.58. The number of carbonyl (C=O) groups excluding carboxylic acids is 1. The van der Waals surface area contributed by atoms with Crippen LogP contribution in [0.2, 0.25) is 0 Å². The zero-order chi connectivity index (χ0) is 16.7. The number of hydrogen-bond donors (Lipinski definition) is 3. The molecule has 5 nitrogen and oxygen atoms in total. The molecule has 0 saturated carbocycles. The maximum Gasteiger partial charge on any atom is 0.315 e. The van der Waals surface area contributed by atoms with E-state index < -0.39 is 12.1 Å². The molecule has 0 saturated heterocycles. The minimum absolute atomic E-state index is 0.00962. The summed E-state index contributed by atoms with van der Waals surface area (Å²) in [5.41, 5.74) is 1.85. The first kappa shape index (κ1) is 16.5. The van der Waals surface area contributed by atoms with Crippen LogP contribution in [0.15, 0.2) is 48.5 Å². The summed E-state index contributed by atoms with van der Waals surface area (Å²) in [6, 6.07) is 13.9. The van der Waals surface area contributed by atoms with Gasteiger partial charge in [-0.05, 0) is 35.4 Å². The monoisotopic (exact) mass is 313 g/mol. The van der Waals surface area contributed by atoms with Crippen molar-refractivity contribution in [3.8, 4) is 6.07 Å². The second-order valence-corrected chi connectivity index (χ2v) is 4.94. The second kappa shape index (κ2) is 7.92. The molecule has 1 unspecified atom stereocenters. The van der Waals surface area contributed by atoms with Gasteiger partial charge in [-0.3, -0.25) is 0 Å². The van der Waals surface area contributed by atoms with E-state index in [1.165, 1.54) is 24.3 Å². The summed E-state index contributed by atoms with van der Waals surface area (Å²) < 4.78 is 12.8. The number of hydrogen-bond acceptors (Lipinski definition) is 3. The Balaban J connectivity index is 1.78. The Morgan fingerprint density at radius 2 is 1.96 bits per heavy atom. The van der Waals surface area contributed by atoms with E-state index in [0.29, 0.717) is 11.1 Å². The highest BCUT2D eigenvalue weighted by Gasteiger charge is 2.09. The lowest BCUT2D eigenvalue weighted by molar-refractivity contribution is 0.173. The van der Waals surface area contributed by atoms with Crippen molar-refractivity contribution in [2.75, 3.05) is 6.54 Å². The largest absolute Gasteiger partial charge is 0.387 e. The lowest BCUT2D eigenvalue weighted by atomic mass is 10.1. The Hall–Kier alpha value is -2.91. The van der Waals surface area contributed by atoms with Crippen LogP contribution in [0, 0.1) is 17.1 Å². The van der Waals surface area contributed by atoms with Gasteiger partial charge in [0.25, 0.3) is 0 Å². The van der Waals surface area contributed by atoms with E-state index in [0.717, 1.165) is 5.56 Å². The maximum absolute atomic E-state index is 12.8. The van der Waals surface area contributed by atoms with Crippen LogP contribution in [-0.2, 0) is 6.54 Å². The fourth-order valence-electron chi connectivity index (χ4n) is 1.99. The number of aliphatic hydroxyl groups excluding tert-OH is 1. The van der Waals surface area contributed by atoms with Gasteiger partial charge in [-0.25, -0.2) is 9.18 Å². The van der Waals surface area contributed by atoms with Crippen molar-refractivity contribution in [1.29, 1.82) is 5.26 Å². The van der Waals surface area contributed by atoms with E-state index in [1.807, 2.05) is 6.07 Å². The summed E-state index contributed by atoms with van der Waals surface area (Å²) in [6.45, 7) is 0.281. The van der Waals surface area contributed by atoms with Crippen LogP contribution >= 0.6 is 0 Å². The molecule has 2 rings (SSSR count). The number of aliphatic hydroxyl groups is 1. The topological polar surface area (TPSA) is 85.2 Å². The van der Waals surface area contributed by atoms with Crippen LogP contribution < -0.4 is 10.6 Å². The molecular formula is C17H16FN3O2. The highest BCUT2D eigenvalue weighted by atomic mass is 19.1. The molecule has 0 radical (unpaired) electrons. The summed E-state index contributed by atoms with van der Waals surface area (Å²) >= 11 is 0. The highest BCUT2D eigenvalue weighted by molar-refractivity contribution is 5.73. The molecule has 118 valence electrons. The number of urea groups is 1. The highest BCUT2D eigenvalue weighted by Crippen LogP contribution is 2.12. The molecule has 2 aromatic carbocycles. The van der Waals surface area contributed by atoms with Crippen molar-refractivity contribution in [3.63, 3.8) is 0 Å². The number of nitrogens with one attached hydrogen (secondary N) is 2. The standard InChI is InChI=1S/C17H16FN3O2/c18-15-6-4-14(5-7-15)16(22)11-21-17(23)20-10-13-3-1-2-12(8-13)9-19/h1-8,16,22H,10-11H2,(H2,20,21,23). The molecule has 0 aromatic heterocycles. The Bertz CT molecular complexity index is 711. The molecule has 3 N–H and O–H groups in total. The van der Waals surface area contributed by atoms with E-state index in [4.69, 9.17) is 5.26 Å². The summed E-state index contributed by atoms with van der Waals surface area (Å²) in [5.74, 6) is -0.383. The Kier molecular flexibility index (Phi) is 5.67. The molecule has 23 heavy (non-hydrogen) atoms. The summed E-state index contributed by atoms with van der Waals surface area (Å²) in [6.07, 6.45) is -0.914. The van der Waals surface area contributed by atoms with E-state index in [2.05, 4.69) is 10.6 Å². The fourth-order valence-corrected chi connectivity index (χ4v) is 1.99. The lowest BCUT2D eigenvalue weighted by Gasteiger charge is -2.13. The zero-order valence-electron chi connectivity index (χ0n) is 12.3. The Morgan fingerprint density at radius 1 is 1.22 bits per heavy atom. The summed E-state index contributed by atoms with van der Waals surface area (Å²) in [5, 5.41) is 23.9. The van der Waals surface area contributed by atoms with Crippen LogP contribution in [0.4, 0.5) is 9.18 Å². The SMILES string of the molecule is N#Cc1cccc(CNC(=O)NCC(O)c2ccc(F)cc2)c1. The van der Waals surface area contributed by atoms with E-state index in [9.17, 15) is 14.3 Å². The van der Waals surface area contributed by atoms with Crippen LogP contribution in [-0.4, -0.2) is 17.7 Å². The lowest BCUT2D eigenvalue weighted by Crippen LogP contribution is -2.37. The van der Waals surface area contributed by atoms with Gasteiger partial charge in [-0.15, -0.1) is 0 Å². The first-order valence-corrected chi connectivity index (χ1v) is 7.03. The second-order valence-electron chi connectivity index (χ2n) is 4.94. The van der Waals surface area contributed by atoms with Crippen molar-refractivity contribution >= 4 is 6.03 Å². The van der Waals surface area contributed by atoms with E-state index >= 15 is 0 Å². The van der Waals surface area contributed by atoms with Gasteiger partial charge in [0.15, 0.2) is 0 Å². The average molecular weight is 313 g/mol. The molecule has 0 aliphatic carbocycles. The molecule has 1 atom stereocenters. The zero-order valence-corrected chi connectivity index (χ0v) is 12.3. The quantitative estimate of drug-likeness (QED) is 0.791. The van der Waals surface area contributed by atoms with Gasteiger partial charge in [0.1, 0.15) is 5.82 Å². The van der Waals surface area contributed by atoms with Gasteiger partial charge >= 0.3 is 6.03 Å². The summed E-state index contributed by atoms with van der Waals surface area (Å²) in [4.78, 5) is 11.7. The maximum atomic E-state index is 12.8. The van der Waals surface area contributed by atoms with Gasteiger partial charge in [-0.2, -0.15) is 5.26 Å². The minimum Gasteiger partial charge on any atom is -0.387 e. The van der Waals surface area contributed by atoms with E-state index in [-0.39, 0.29) is 18.9 Å². The van der Waals surface area contributed by atoms with Gasteiger partial charge < -0.3 is 15.7 Å². The third-order valence-electron chi connectivity index (χ3n) is 3.22. The summed E-state index contributed by atoms with van der Waals surface area (Å²) in [7, 11) is 0. The number of benzene rings is 2. The first-order chi connectivity index (χ1) is 11.1. The van der Waals surface area contributed by atoms with Crippen molar-refractivity contribution in [2.24, 2.45) is 0 Å². The van der Waals surface area contributed by atoms with Crippen LogP contribution in [0.3, 0.4) is 0 Å². The molecule has 0 spiro atoms. The molecule has 0 aliphatic heterocycles. The van der Waals surface area contributed by atoms with E-state index in [1.54, 1.807) is 24.3 Å². The number of nitriles is 1. The minimum atomic E-state index is -0.914. The molecule has 0 bridgehead atoms. The third-order valence-corrected chi connectivity index (χ3v) is 3.22. The number of amides is 2. The molecule has 0 aliphatic rings. The smallest absolute Gasteiger partial charge is 0.315 e. The van der Waals surface area contributed by atoms with Crippen molar-refractivity contribution in [2.45, 2.75) is 12.6 Å². The number of carbonyl (C=O) groups is 1. The fraction of sp³-hybridized carbons (Fsp3) is 0.176. The Labute approximate surface area is 133 Å². The van der Waals surface area contributed by atoms with Crippen molar-refractivity contribution in [3.05, 3.63) is 71.0 Å². The normalized spacial score (nSPS) is 11.3. The molecule has 2 amide bonds. The van der Waals surface area contributed by atoms with Gasteiger partial charge in [0, 0.05) is 13.1 Å². The number of nitrogens with zero attached hydrogens (tertiary/aromatic N) is 1. The van der Waals surface area contributed by atoms with Gasteiger partial charge in [0.05, 0.1) is 17.7 Å². The predicted molar refractivity (Wildman–Crippen MR) is 82.8 cm³/mol. The van der Waals surface area contributed by atoms with Crippen molar-refractivity contribution in [1.82, 2.24) is 10.6 Å². The molecule has 6 heteroatoms. The van der Waals surface area contributed by atoms with Gasteiger partial charge in [-0.1, -0.05) is 24.3 Å². The van der Waals surface area contributed by atoms with Crippen LogP contribution in [0.25, 0.3) is 0 Å². The third kappa shape index (κ3) is 5.09. The Morgan fingerprint density at radius 3 is 2.65 bits per heavy atom. The molecule has 0 fully saturated rings. The molecule has 0 heterocycles. The van der Waals surface area contributed by atoms with Crippen LogP contribution in [0.1, 0.15) is 22.8 Å². The number of halogens is 1. The molecular weight excluding hydrogens is 297 g/mol. The van der Waals surface area contributed by atoms with Crippen LogP contribution in [0.5, 0.6) is 0 Å². The number of rotatable bonds is 5. The van der Waals surface area contributed by atoms with Gasteiger partial charge in [0.2, 0.25) is 0 Å². The first-order valence-electron chi connectivity index (χ1n) is 7.03. The van der Waals surface area contributed by atoms with Crippen molar-refractivity contribution < 1.29 is 14.3 Å².